The Morgan fingerprint density at radius 3 is 2.65 bits per heavy atom. The molecule has 5 heteroatoms. The van der Waals surface area contributed by atoms with Crippen molar-refractivity contribution in [2.24, 2.45) is 0 Å². The zero-order chi connectivity index (χ0) is 15.3. The van der Waals surface area contributed by atoms with Gasteiger partial charge in [-0.2, -0.15) is 0 Å². The number of nitrogens with one attached hydrogen (secondary N) is 1. The monoisotopic (exact) mass is 282 g/mol. The van der Waals surface area contributed by atoms with Crippen molar-refractivity contribution in [3.05, 3.63) is 30.1 Å². The lowest BCUT2D eigenvalue weighted by Gasteiger charge is -2.31. The highest BCUT2D eigenvalue weighted by atomic mass is 19.1. The van der Waals surface area contributed by atoms with Gasteiger partial charge in [-0.05, 0) is 45.4 Å². The number of hydrogen-bond acceptors (Lipinski definition) is 3. The summed E-state index contributed by atoms with van der Waals surface area (Å²) in [6, 6.07) is 6.35. The van der Waals surface area contributed by atoms with Gasteiger partial charge in [0.05, 0.1) is 0 Å². The van der Waals surface area contributed by atoms with Crippen molar-refractivity contribution in [2.75, 3.05) is 18.5 Å². The van der Waals surface area contributed by atoms with Crippen molar-refractivity contribution < 1.29 is 14.3 Å². The third kappa shape index (κ3) is 4.49. The fourth-order valence-electron chi connectivity index (χ4n) is 2.11. The summed E-state index contributed by atoms with van der Waals surface area (Å²) < 4.78 is 13.2. The first kappa shape index (κ1) is 16.4. The average molecular weight is 282 g/mol. The molecule has 0 saturated carbocycles. The summed E-state index contributed by atoms with van der Waals surface area (Å²) in [6.07, 6.45) is 0.424. The molecule has 1 atom stereocenters. The molecular formula is C15H23FN2O2. The molecular weight excluding hydrogens is 259 g/mol. The second kappa shape index (κ2) is 6.70. The Kier molecular flexibility index (Phi) is 5.51. The highest BCUT2D eigenvalue weighted by molar-refractivity contribution is 5.78. The van der Waals surface area contributed by atoms with Crippen LogP contribution in [0.5, 0.6) is 0 Å². The Bertz CT molecular complexity index is 465. The van der Waals surface area contributed by atoms with E-state index in [-0.39, 0.29) is 11.9 Å². The maximum absolute atomic E-state index is 13.2. The topological polar surface area (TPSA) is 52.6 Å². The number of hydrogen-bond donors (Lipinski definition) is 2. The first-order valence-corrected chi connectivity index (χ1v) is 6.72. The van der Waals surface area contributed by atoms with Gasteiger partial charge in [0, 0.05) is 25.3 Å². The minimum Gasteiger partial charge on any atom is -0.480 e. The number of nitrogens with zero attached hydrogens (tertiary/aromatic N) is 1. The minimum absolute atomic E-state index is 0.0792. The van der Waals surface area contributed by atoms with E-state index in [2.05, 4.69) is 5.32 Å². The molecule has 4 nitrogen and oxygen atoms in total. The summed E-state index contributed by atoms with van der Waals surface area (Å²) in [6.45, 7) is 6.02. The van der Waals surface area contributed by atoms with Crippen LogP contribution < -0.4 is 10.2 Å². The molecule has 0 aromatic heterocycles. The van der Waals surface area contributed by atoms with E-state index in [1.807, 2.05) is 25.8 Å². The number of carboxylic acid groups (broad SMARTS) is 1. The molecule has 0 spiro atoms. The van der Waals surface area contributed by atoms with Crippen LogP contribution in [0.15, 0.2) is 24.3 Å². The van der Waals surface area contributed by atoms with Crippen molar-refractivity contribution in [1.82, 2.24) is 5.32 Å². The first-order chi connectivity index (χ1) is 9.24. The van der Waals surface area contributed by atoms with Crippen LogP contribution in [0.4, 0.5) is 10.1 Å². The number of anilines is 1. The van der Waals surface area contributed by atoms with Crippen LogP contribution in [0.25, 0.3) is 0 Å². The molecule has 1 rings (SSSR count). The van der Waals surface area contributed by atoms with Gasteiger partial charge < -0.3 is 10.0 Å². The zero-order valence-electron chi connectivity index (χ0n) is 12.5. The standard InChI is InChI=1S/C15H23FN2O2/c1-11(2)17-15(3,14(19)20)8-9-18(4)13-7-5-6-12(16)10-13/h5-7,10-11,17H,8-9H2,1-4H3,(H,19,20). The van der Waals surface area contributed by atoms with E-state index in [1.54, 1.807) is 19.1 Å². The zero-order valence-corrected chi connectivity index (χ0v) is 12.5. The quantitative estimate of drug-likeness (QED) is 0.807. The second-order valence-corrected chi connectivity index (χ2v) is 5.59. The first-order valence-electron chi connectivity index (χ1n) is 6.72. The van der Waals surface area contributed by atoms with E-state index >= 15 is 0 Å². The van der Waals surface area contributed by atoms with Gasteiger partial charge in [0.15, 0.2) is 0 Å². The van der Waals surface area contributed by atoms with Gasteiger partial charge in [0.25, 0.3) is 0 Å². The van der Waals surface area contributed by atoms with Crippen molar-refractivity contribution in [3.8, 4) is 0 Å². The summed E-state index contributed by atoms with van der Waals surface area (Å²) >= 11 is 0. The largest absolute Gasteiger partial charge is 0.480 e. The van der Waals surface area contributed by atoms with Gasteiger partial charge in [-0.15, -0.1) is 0 Å². The predicted molar refractivity (Wildman–Crippen MR) is 78.6 cm³/mol. The molecule has 2 N–H and O–H groups in total. The van der Waals surface area contributed by atoms with Gasteiger partial charge in [0.1, 0.15) is 11.4 Å². The predicted octanol–water partition coefficient (Wildman–Crippen LogP) is 2.49. The molecule has 0 heterocycles. The van der Waals surface area contributed by atoms with Crippen LogP contribution in [0.3, 0.4) is 0 Å². The van der Waals surface area contributed by atoms with Crippen molar-refractivity contribution in [1.29, 1.82) is 0 Å². The summed E-state index contributed by atoms with van der Waals surface area (Å²) in [5.74, 6) is -1.17. The van der Waals surface area contributed by atoms with E-state index in [1.165, 1.54) is 12.1 Å². The molecule has 0 aliphatic carbocycles. The molecule has 1 aromatic carbocycles. The van der Waals surface area contributed by atoms with Gasteiger partial charge in [0.2, 0.25) is 0 Å². The number of rotatable bonds is 7. The maximum Gasteiger partial charge on any atom is 0.323 e. The van der Waals surface area contributed by atoms with Gasteiger partial charge in [-0.3, -0.25) is 10.1 Å². The molecule has 0 saturated heterocycles. The average Bonchev–Trinajstić information content (AvgIpc) is 2.35. The lowest BCUT2D eigenvalue weighted by Crippen LogP contribution is -2.53. The molecule has 1 aromatic rings. The summed E-state index contributed by atoms with van der Waals surface area (Å²) in [7, 11) is 1.83. The van der Waals surface area contributed by atoms with Crippen LogP contribution in [-0.4, -0.2) is 36.2 Å². The second-order valence-electron chi connectivity index (χ2n) is 5.59. The number of aliphatic carboxylic acids is 1. The number of benzene rings is 1. The highest BCUT2D eigenvalue weighted by Crippen LogP contribution is 2.17. The highest BCUT2D eigenvalue weighted by Gasteiger charge is 2.33. The number of halogens is 1. The van der Waals surface area contributed by atoms with E-state index in [9.17, 15) is 14.3 Å². The summed E-state index contributed by atoms with van der Waals surface area (Å²) in [5, 5.41) is 12.4. The van der Waals surface area contributed by atoms with Crippen LogP contribution in [0.2, 0.25) is 0 Å². The van der Waals surface area contributed by atoms with Crippen LogP contribution >= 0.6 is 0 Å². The Labute approximate surface area is 119 Å². The van der Waals surface area contributed by atoms with Crippen molar-refractivity contribution >= 4 is 11.7 Å². The van der Waals surface area contributed by atoms with Crippen LogP contribution in [0, 0.1) is 5.82 Å². The molecule has 0 aliphatic heterocycles. The molecule has 0 radical (unpaired) electrons. The molecule has 0 amide bonds. The normalized spacial score (nSPS) is 14.1. The lowest BCUT2D eigenvalue weighted by molar-refractivity contribution is -0.144. The van der Waals surface area contributed by atoms with E-state index in [0.29, 0.717) is 13.0 Å². The van der Waals surface area contributed by atoms with E-state index in [4.69, 9.17) is 0 Å². The van der Waals surface area contributed by atoms with Crippen molar-refractivity contribution in [2.45, 2.75) is 38.8 Å². The molecule has 0 aliphatic rings. The Balaban J connectivity index is 2.70. The Hall–Kier alpha value is -1.62. The lowest BCUT2D eigenvalue weighted by atomic mass is 9.96. The molecule has 0 fully saturated rings. The summed E-state index contributed by atoms with van der Waals surface area (Å²) in [5.41, 5.74) is -0.252. The molecule has 112 valence electrons. The maximum atomic E-state index is 13.2. The van der Waals surface area contributed by atoms with Gasteiger partial charge >= 0.3 is 5.97 Å². The number of carboxylic acids is 1. The Morgan fingerprint density at radius 2 is 2.15 bits per heavy atom. The van der Waals surface area contributed by atoms with Crippen LogP contribution in [-0.2, 0) is 4.79 Å². The van der Waals surface area contributed by atoms with Gasteiger partial charge in [-0.25, -0.2) is 4.39 Å². The minimum atomic E-state index is -0.990. The molecule has 20 heavy (non-hydrogen) atoms. The molecule has 0 bridgehead atoms. The Morgan fingerprint density at radius 1 is 1.50 bits per heavy atom. The van der Waals surface area contributed by atoms with Crippen molar-refractivity contribution in [3.63, 3.8) is 0 Å². The molecule has 1 unspecified atom stereocenters. The SMILES string of the molecule is CC(C)NC(C)(CCN(C)c1cccc(F)c1)C(=O)O. The van der Waals surface area contributed by atoms with E-state index < -0.39 is 11.5 Å². The van der Waals surface area contributed by atoms with Crippen LogP contribution in [0.1, 0.15) is 27.2 Å². The third-order valence-electron chi connectivity index (χ3n) is 3.28. The third-order valence-corrected chi connectivity index (χ3v) is 3.28. The fourth-order valence-corrected chi connectivity index (χ4v) is 2.11. The summed E-state index contributed by atoms with van der Waals surface area (Å²) in [4.78, 5) is 13.3. The smallest absolute Gasteiger partial charge is 0.323 e. The fraction of sp³-hybridized carbons (Fsp3) is 0.533. The number of carbonyl (C=O) groups is 1. The van der Waals surface area contributed by atoms with E-state index in [0.717, 1.165) is 5.69 Å². The van der Waals surface area contributed by atoms with Gasteiger partial charge in [-0.1, -0.05) is 6.07 Å².